The van der Waals surface area contributed by atoms with E-state index in [1.807, 2.05) is 25.1 Å². The Balaban J connectivity index is 1.71. The van der Waals surface area contributed by atoms with Crippen molar-refractivity contribution in [3.05, 3.63) is 23.8 Å². The van der Waals surface area contributed by atoms with Crippen LogP contribution in [0.2, 0.25) is 0 Å². The van der Waals surface area contributed by atoms with Crippen LogP contribution >= 0.6 is 0 Å². The second kappa shape index (κ2) is 10.7. The van der Waals surface area contributed by atoms with Gasteiger partial charge in [0.05, 0.1) is 5.56 Å². The number of carbonyl (C=O) groups excluding carboxylic acids is 2. The second-order valence-corrected chi connectivity index (χ2v) is 8.80. The number of piperidine rings is 1. The average Bonchev–Trinajstić information content (AvgIpc) is 3.26. The van der Waals surface area contributed by atoms with Gasteiger partial charge in [-0.1, -0.05) is 32.6 Å². The maximum absolute atomic E-state index is 13.0. The summed E-state index contributed by atoms with van der Waals surface area (Å²) in [5.41, 5.74) is 2.37. The van der Waals surface area contributed by atoms with Crippen molar-refractivity contribution in [2.24, 2.45) is 5.92 Å². The standard InChI is InChI=1S/C24H37N3O2/c1-3-18(2)25-24(29)21-17-20(12-13-22(21)27-15-7-4-8-16-27)26-23(28)14-11-19-9-5-6-10-19/h12-13,17-19H,3-11,14-16H2,1-2H3,(H,25,29)(H,26,28). The minimum atomic E-state index is -0.0537. The Morgan fingerprint density at radius 1 is 1.10 bits per heavy atom. The summed E-state index contributed by atoms with van der Waals surface area (Å²) in [6, 6.07) is 5.93. The second-order valence-electron chi connectivity index (χ2n) is 8.80. The van der Waals surface area contributed by atoms with Gasteiger partial charge in [0.2, 0.25) is 5.91 Å². The summed E-state index contributed by atoms with van der Waals surface area (Å²) in [5.74, 6) is 0.706. The van der Waals surface area contributed by atoms with Gasteiger partial charge in [-0.05, 0) is 63.1 Å². The predicted molar refractivity (Wildman–Crippen MR) is 120 cm³/mol. The highest BCUT2D eigenvalue weighted by atomic mass is 16.2. The van der Waals surface area contributed by atoms with Gasteiger partial charge in [-0.15, -0.1) is 0 Å². The number of nitrogens with zero attached hydrogens (tertiary/aromatic N) is 1. The minimum Gasteiger partial charge on any atom is -0.371 e. The van der Waals surface area contributed by atoms with Crippen molar-refractivity contribution in [1.29, 1.82) is 0 Å². The van der Waals surface area contributed by atoms with Gasteiger partial charge in [-0.2, -0.15) is 0 Å². The normalized spacial score (nSPS) is 18.5. The third kappa shape index (κ3) is 6.22. The molecule has 160 valence electrons. The molecule has 1 saturated carbocycles. The lowest BCUT2D eigenvalue weighted by Crippen LogP contribution is -2.35. The van der Waals surface area contributed by atoms with Crippen molar-refractivity contribution in [2.75, 3.05) is 23.3 Å². The first kappa shape index (κ1) is 21.7. The molecule has 0 spiro atoms. The summed E-state index contributed by atoms with van der Waals surface area (Å²) in [7, 11) is 0. The first-order valence-corrected chi connectivity index (χ1v) is 11.6. The minimum absolute atomic E-state index is 0.0518. The Morgan fingerprint density at radius 2 is 1.83 bits per heavy atom. The Morgan fingerprint density at radius 3 is 2.52 bits per heavy atom. The van der Waals surface area contributed by atoms with Crippen LogP contribution in [0.25, 0.3) is 0 Å². The Labute approximate surface area is 175 Å². The topological polar surface area (TPSA) is 61.4 Å². The number of anilines is 2. The summed E-state index contributed by atoms with van der Waals surface area (Å²) >= 11 is 0. The molecular formula is C24H37N3O2. The van der Waals surface area contributed by atoms with Crippen LogP contribution < -0.4 is 15.5 Å². The summed E-state index contributed by atoms with van der Waals surface area (Å²) in [4.78, 5) is 27.7. The number of carbonyl (C=O) groups is 2. The van der Waals surface area contributed by atoms with E-state index in [-0.39, 0.29) is 17.9 Å². The maximum Gasteiger partial charge on any atom is 0.253 e. The van der Waals surface area contributed by atoms with Crippen LogP contribution in [0, 0.1) is 5.92 Å². The summed E-state index contributed by atoms with van der Waals surface area (Å²) in [6.45, 7) is 6.05. The van der Waals surface area contributed by atoms with E-state index in [0.717, 1.165) is 50.1 Å². The molecule has 0 bridgehead atoms. The zero-order chi connectivity index (χ0) is 20.6. The number of amides is 2. The van der Waals surface area contributed by atoms with E-state index in [0.29, 0.717) is 17.9 Å². The van der Waals surface area contributed by atoms with Crippen LogP contribution in [0.5, 0.6) is 0 Å². The lowest BCUT2D eigenvalue weighted by Gasteiger charge is -2.31. The van der Waals surface area contributed by atoms with Crippen molar-refractivity contribution < 1.29 is 9.59 Å². The van der Waals surface area contributed by atoms with Crippen molar-refractivity contribution >= 4 is 23.2 Å². The lowest BCUT2D eigenvalue weighted by molar-refractivity contribution is -0.116. The summed E-state index contributed by atoms with van der Waals surface area (Å²) in [5, 5.41) is 6.11. The first-order valence-electron chi connectivity index (χ1n) is 11.6. The van der Waals surface area contributed by atoms with E-state index < -0.39 is 0 Å². The van der Waals surface area contributed by atoms with Crippen LogP contribution in [-0.2, 0) is 4.79 Å². The monoisotopic (exact) mass is 399 g/mol. The average molecular weight is 400 g/mol. The molecule has 0 aromatic heterocycles. The quantitative estimate of drug-likeness (QED) is 0.638. The predicted octanol–water partition coefficient (Wildman–Crippen LogP) is 5.11. The van der Waals surface area contributed by atoms with E-state index in [9.17, 15) is 9.59 Å². The highest BCUT2D eigenvalue weighted by Gasteiger charge is 2.21. The molecule has 1 aliphatic heterocycles. The van der Waals surface area contributed by atoms with Crippen LogP contribution in [0.3, 0.4) is 0 Å². The molecule has 29 heavy (non-hydrogen) atoms. The molecule has 2 N–H and O–H groups in total. The van der Waals surface area contributed by atoms with E-state index in [2.05, 4.69) is 22.5 Å². The molecule has 5 nitrogen and oxygen atoms in total. The Kier molecular flexibility index (Phi) is 7.96. The molecule has 1 aromatic carbocycles. The van der Waals surface area contributed by atoms with Gasteiger partial charge >= 0.3 is 0 Å². The third-order valence-electron chi connectivity index (χ3n) is 6.47. The highest BCUT2D eigenvalue weighted by molar-refractivity contribution is 6.02. The summed E-state index contributed by atoms with van der Waals surface area (Å²) in [6.07, 6.45) is 11.1. The van der Waals surface area contributed by atoms with Crippen molar-refractivity contribution in [3.63, 3.8) is 0 Å². The molecule has 5 heteroatoms. The largest absolute Gasteiger partial charge is 0.371 e. The molecule has 2 aliphatic rings. The van der Waals surface area contributed by atoms with Crippen LogP contribution in [0.4, 0.5) is 11.4 Å². The molecule has 1 unspecified atom stereocenters. The van der Waals surface area contributed by atoms with Crippen LogP contribution in [0.1, 0.15) is 88.4 Å². The smallest absolute Gasteiger partial charge is 0.253 e. The van der Waals surface area contributed by atoms with Gasteiger partial charge < -0.3 is 15.5 Å². The van der Waals surface area contributed by atoms with Crippen molar-refractivity contribution in [3.8, 4) is 0 Å². The fourth-order valence-electron chi connectivity index (χ4n) is 4.47. The highest BCUT2D eigenvalue weighted by Crippen LogP contribution is 2.30. The molecule has 2 fully saturated rings. The van der Waals surface area contributed by atoms with E-state index in [1.54, 1.807) is 0 Å². The molecule has 1 aromatic rings. The van der Waals surface area contributed by atoms with E-state index >= 15 is 0 Å². The van der Waals surface area contributed by atoms with Gasteiger partial charge in [0.1, 0.15) is 0 Å². The lowest BCUT2D eigenvalue weighted by atomic mass is 10.0. The molecule has 1 atom stereocenters. The zero-order valence-electron chi connectivity index (χ0n) is 18.1. The number of hydrogen-bond donors (Lipinski definition) is 2. The van der Waals surface area contributed by atoms with Crippen LogP contribution in [0.15, 0.2) is 18.2 Å². The molecule has 0 radical (unpaired) electrons. The number of nitrogens with one attached hydrogen (secondary N) is 2. The Bertz CT molecular complexity index is 691. The van der Waals surface area contributed by atoms with Gasteiger partial charge in [0, 0.05) is 36.9 Å². The zero-order valence-corrected chi connectivity index (χ0v) is 18.1. The van der Waals surface area contributed by atoms with Crippen molar-refractivity contribution in [2.45, 2.75) is 84.1 Å². The van der Waals surface area contributed by atoms with Gasteiger partial charge in [0.15, 0.2) is 0 Å². The molecule has 1 heterocycles. The van der Waals surface area contributed by atoms with Gasteiger partial charge in [-0.25, -0.2) is 0 Å². The molecule has 1 aliphatic carbocycles. The van der Waals surface area contributed by atoms with Gasteiger partial charge in [-0.3, -0.25) is 9.59 Å². The third-order valence-corrected chi connectivity index (χ3v) is 6.47. The fraction of sp³-hybridized carbons (Fsp3) is 0.667. The fourth-order valence-corrected chi connectivity index (χ4v) is 4.47. The van der Waals surface area contributed by atoms with Crippen LogP contribution in [-0.4, -0.2) is 30.9 Å². The van der Waals surface area contributed by atoms with Crippen molar-refractivity contribution in [1.82, 2.24) is 5.32 Å². The molecular weight excluding hydrogens is 362 g/mol. The molecule has 2 amide bonds. The number of hydrogen-bond acceptors (Lipinski definition) is 3. The molecule has 3 rings (SSSR count). The first-order chi connectivity index (χ1) is 14.1. The van der Waals surface area contributed by atoms with E-state index in [1.165, 1.54) is 32.1 Å². The maximum atomic E-state index is 13.0. The molecule has 1 saturated heterocycles. The number of rotatable bonds is 8. The SMILES string of the molecule is CCC(C)NC(=O)c1cc(NC(=O)CCC2CCCC2)ccc1N1CCCCC1. The number of benzene rings is 1. The Hall–Kier alpha value is -2.04. The summed E-state index contributed by atoms with van der Waals surface area (Å²) < 4.78 is 0. The van der Waals surface area contributed by atoms with E-state index in [4.69, 9.17) is 0 Å². The van der Waals surface area contributed by atoms with Gasteiger partial charge in [0.25, 0.3) is 5.91 Å².